The summed E-state index contributed by atoms with van der Waals surface area (Å²) in [5.41, 5.74) is 0. The maximum atomic E-state index is 8.47. The van der Waals surface area contributed by atoms with Crippen molar-refractivity contribution in [2.45, 2.75) is 0 Å². The van der Waals surface area contributed by atoms with Crippen molar-refractivity contribution < 1.29 is 10.1 Å². The molecule has 0 saturated carbocycles. The van der Waals surface area contributed by atoms with Crippen molar-refractivity contribution in [3.63, 3.8) is 0 Å². The number of nitrogens with one attached hydrogen (secondary N) is 2. The van der Waals surface area contributed by atoms with Crippen LogP contribution in [0.5, 0.6) is 0 Å². The van der Waals surface area contributed by atoms with Crippen LogP contribution in [-0.2, 0) is 0 Å². The molecule has 10 heavy (non-hydrogen) atoms. The van der Waals surface area contributed by atoms with Gasteiger partial charge in [0, 0.05) is 0 Å². The normalized spacial score (nSPS) is 4.80. The lowest BCUT2D eigenvalue weighted by molar-refractivity contribution is -0.403. The van der Waals surface area contributed by atoms with Gasteiger partial charge in [-0.3, -0.25) is 20.2 Å². The Morgan fingerprint density at radius 1 is 0.900 bits per heavy atom. The Kier molecular flexibility index (Phi) is 37.4. The van der Waals surface area contributed by atoms with Crippen molar-refractivity contribution in [3.05, 3.63) is 31.9 Å². The van der Waals surface area contributed by atoms with Crippen LogP contribution in [0.3, 0.4) is 0 Å². The Hall–Kier alpha value is -1.68. The largest absolute Gasteiger partial charge is 0.393 e. The lowest BCUT2D eigenvalue weighted by Crippen LogP contribution is -1.70. The summed E-state index contributed by atoms with van der Waals surface area (Å²) in [6.07, 6.45) is 0. The minimum atomic E-state index is -1.25. The number of hydrogen-bond donors (Lipinski definition) is 2. The molecule has 10 N–H and O–H groups in total. The second-order valence-corrected chi connectivity index (χ2v) is 0.514. The molecule has 0 rings (SSSR count). The fourth-order valence-corrected chi connectivity index (χ4v) is 0. The van der Waals surface area contributed by atoms with Crippen LogP contribution in [0.25, 0.3) is 11.7 Å². The van der Waals surface area contributed by atoms with Gasteiger partial charge in [0.15, 0.2) is 0 Å². The molecule has 0 aromatic rings. The van der Waals surface area contributed by atoms with Gasteiger partial charge >= 0.3 is 0 Å². The van der Waals surface area contributed by atoms with Crippen molar-refractivity contribution in [2.75, 3.05) is 0 Å². The average molecular weight is 158 g/mol. The van der Waals surface area contributed by atoms with E-state index in [1.54, 1.807) is 0 Å². The quantitative estimate of drug-likeness (QED) is 0.393. The highest BCUT2D eigenvalue weighted by molar-refractivity contribution is 4.03. The molecule has 0 aromatic carbocycles. The van der Waals surface area contributed by atoms with E-state index in [-0.39, 0.29) is 12.3 Å². The van der Waals surface area contributed by atoms with Crippen LogP contribution in [0.4, 0.5) is 0 Å². The molecule has 0 aliphatic heterocycles. The van der Waals surface area contributed by atoms with Crippen LogP contribution in [0.15, 0.2) is 0 Å². The monoisotopic (exact) mass is 158 g/mol. The van der Waals surface area contributed by atoms with Gasteiger partial charge in [0.05, 0.1) is 0 Å². The summed E-state index contributed by atoms with van der Waals surface area (Å²) in [5.74, 6) is 10.6. The predicted octanol–water partition coefficient (Wildman–Crippen LogP) is 1.21. The van der Waals surface area contributed by atoms with E-state index in [4.69, 9.17) is 31.9 Å². The van der Waals surface area contributed by atoms with Crippen molar-refractivity contribution in [1.29, 1.82) is 0 Å². The molecule has 0 fully saturated rings. The molecule has 0 aliphatic carbocycles. The molecule has 10 heteroatoms. The van der Waals surface area contributed by atoms with Crippen molar-refractivity contribution in [3.8, 4) is 0 Å². The van der Waals surface area contributed by atoms with E-state index in [0.717, 1.165) is 0 Å². The molecular weight excluding hydrogens is 148 g/mol. The first-order chi connectivity index (χ1) is 3.46. The minimum absolute atomic E-state index is 0. The van der Waals surface area contributed by atoms with E-state index in [9.17, 15) is 0 Å². The summed E-state index contributed by atoms with van der Waals surface area (Å²) >= 11 is 0. The molecule has 0 spiro atoms. The van der Waals surface area contributed by atoms with Gasteiger partial charge in [0.25, 0.3) is 0 Å². The van der Waals surface area contributed by atoms with Crippen LogP contribution >= 0.6 is 0 Å². The third kappa shape index (κ3) is 63.4. The number of hydrogen-bond acceptors (Lipinski definition) is 4. The van der Waals surface area contributed by atoms with Crippen molar-refractivity contribution >= 4 is 0 Å². The van der Waals surface area contributed by atoms with E-state index in [2.05, 4.69) is 0 Å². The third-order valence-corrected chi connectivity index (χ3v) is 0. The first-order valence-electron chi connectivity index (χ1n) is 1.18. The topological polar surface area (TPSA) is 207 Å². The van der Waals surface area contributed by atoms with Crippen molar-refractivity contribution in [2.24, 2.45) is 0 Å². The minimum Gasteiger partial charge on any atom is -0.393 e. The third-order valence-electron chi connectivity index (χ3n) is 0. The summed E-state index contributed by atoms with van der Waals surface area (Å²) in [7, 11) is 0. The average Bonchev–Trinajstić information content (AvgIpc) is 1.25. The molecule has 64 valence electrons. The van der Waals surface area contributed by atoms with Crippen LogP contribution in [0.2, 0.25) is 0 Å². The molecule has 0 aromatic heterocycles. The second-order valence-electron chi connectivity index (χ2n) is 0.514. The van der Waals surface area contributed by atoms with Gasteiger partial charge in [-0.1, -0.05) is 0 Å². The molecule has 0 heterocycles. The maximum absolute atomic E-state index is 8.47. The molecule has 0 radical (unpaired) electrons. The maximum Gasteiger partial charge on any atom is -0.0151 e. The van der Waals surface area contributed by atoms with E-state index in [1.165, 1.54) is 0 Å². The van der Waals surface area contributed by atoms with Crippen LogP contribution in [0, 0.1) is 20.2 Å². The van der Waals surface area contributed by atoms with Gasteiger partial charge in [-0.05, 0) is 10.1 Å². The Morgan fingerprint density at radius 2 is 0.900 bits per heavy atom. The smallest absolute Gasteiger partial charge is 0.0151 e. The van der Waals surface area contributed by atoms with E-state index in [0.29, 0.717) is 0 Å². The van der Waals surface area contributed by atoms with E-state index >= 15 is 0 Å². The summed E-state index contributed by atoms with van der Waals surface area (Å²) in [6.45, 7) is 0. The molecule has 0 unspecified atom stereocenters. The number of nitrogens with zero attached hydrogens (tertiary/aromatic N) is 2. The molecule has 0 saturated heterocycles. The van der Waals surface area contributed by atoms with E-state index < -0.39 is 10.1 Å². The Morgan fingerprint density at radius 3 is 0.900 bits per heavy atom. The Bertz CT molecular complexity index is 67.7. The SMILES string of the molecule is [NH-][N+](=O)[O-].[NH-][N+](=O)[O-].[NH4+].[NH4+]. The zero-order valence-corrected chi connectivity index (χ0v) is 5.53. The molecule has 0 amide bonds. The highest BCUT2D eigenvalue weighted by Gasteiger charge is 1.43. The highest BCUT2D eigenvalue weighted by atomic mass is 16.7. The fourth-order valence-electron chi connectivity index (χ4n) is 0. The molecule has 10 nitrogen and oxygen atoms in total. The summed E-state index contributed by atoms with van der Waals surface area (Å²) in [5, 5.41) is 14.4. The highest BCUT2D eigenvalue weighted by Crippen LogP contribution is 1.51. The molecule has 0 bridgehead atoms. The van der Waals surface area contributed by atoms with Crippen LogP contribution in [0.1, 0.15) is 0 Å². The number of rotatable bonds is 0. The summed E-state index contributed by atoms with van der Waals surface area (Å²) < 4.78 is 0. The van der Waals surface area contributed by atoms with Crippen LogP contribution < -0.4 is 12.3 Å². The first-order valence-corrected chi connectivity index (χ1v) is 1.18. The molecule has 0 aliphatic rings. The van der Waals surface area contributed by atoms with Gasteiger partial charge in [0.1, 0.15) is 0 Å². The Labute approximate surface area is 55.6 Å². The second kappa shape index (κ2) is 15.7. The number of quaternary nitrogens is 2. The van der Waals surface area contributed by atoms with Crippen LogP contribution in [-0.4, -0.2) is 10.1 Å². The molecular formula is H10N6O4. The summed E-state index contributed by atoms with van der Waals surface area (Å²) in [6, 6.07) is 0. The Balaban J connectivity index is -0.0000000300. The lowest BCUT2D eigenvalue weighted by Gasteiger charge is -1.76. The van der Waals surface area contributed by atoms with Gasteiger partial charge in [-0.2, -0.15) is 0 Å². The zero-order valence-electron chi connectivity index (χ0n) is 5.53. The van der Waals surface area contributed by atoms with Gasteiger partial charge < -0.3 is 24.0 Å². The summed E-state index contributed by atoms with van der Waals surface area (Å²) in [4.78, 5) is 16.9. The van der Waals surface area contributed by atoms with Crippen molar-refractivity contribution in [1.82, 2.24) is 12.3 Å². The van der Waals surface area contributed by atoms with Gasteiger partial charge in [-0.25, -0.2) is 0 Å². The first kappa shape index (κ1) is 23.9. The predicted molar refractivity (Wildman–Crippen MR) is 34.6 cm³/mol. The lowest BCUT2D eigenvalue weighted by atomic mass is 12.8. The number of nitro groups is 2. The van der Waals surface area contributed by atoms with Gasteiger partial charge in [0.2, 0.25) is 0 Å². The fraction of sp³-hybridized carbons (Fsp3) is 0. The van der Waals surface area contributed by atoms with Gasteiger partial charge in [-0.15, -0.1) is 0 Å². The standard InChI is InChI=1S/2HN2O2.2H3N/c2*1-2(3)4;;/h2*1H;2*1H3/q2*-1;;/p+2. The zero-order chi connectivity index (χ0) is 7.15. The molecule has 0 atom stereocenters. The van der Waals surface area contributed by atoms with E-state index in [1.807, 2.05) is 0 Å².